The zero-order chi connectivity index (χ0) is 10.1. The van der Waals surface area contributed by atoms with Crippen molar-refractivity contribution in [1.29, 1.82) is 0 Å². The lowest BCUT2D eigenvalue weighted by molar-refractivity contribution is 0.0695. The predicted octanol–water partition coefficient (Wildman–Crippen LogP) is -0.448. The van der Waals surface area contributed by atoms with Gasteiger partial charge < -0.3 is 0 Å². The van der Waals surface area contributed by atoms with E-state index in [0.29, 0.717) is 5.78 Å². The van der Waals surface area contributed by atoms with E-state index < -0.39 is 5.91 Å². The van der Waals surface area contributed by atoms with Gasteiger partial charge in [-0.05, 0) is 13.0 Å². The minimum atomic E-state index is -0.756. The first kappa shape index (κ1) is 8.57. The summed E-state index contributed by atoms with van der Waals surface area (Å²) >= 11 is 0. The van der Waals surface area contributed by atoms with Gasteiger partial charge in [0.15, 0.2) is 0 Å². The molecule has 2 aromatic heterocycles. The normalized spacial score (nSPS) is 10.4. The Labute approximate surface area is 78.4 Å². The maximum Gasteiger partial charge on any atom is 0.314 e. The molecule has 0 aromatic carbocycles. The van der Waals surface area contributed by atoms with Crippen LogP contribution in [0.5, 0.6) is 0 Å². The molecule has 2 aromatic rings. The van der Waals surface area contributed by atoms with Gasteiger partial charge in [0.1, 0.15) is 0 Å². The van der Waals surface area contributed by atoms with Crippen LogP contribution in [0, 0.1) is 6.92 Å². The number of rotatable bonds is 1. The largest absolute Gasteiger partial charge is 0.314 e. The molecule has 2 N–H and O–H groups in total. The summed E-state index contributed by atoms with van der Waals surface area (Å²) < 4.78 is 1.36. The molecular weight excluding hydrogens is 186 g/mol. The van der Waals surface area contributed by atoms with E-state index in [4.69, 9.17) is 5.21 Å². The van der Waals surface area contributed by atoms with E-state index in [2.05, 4.69) is 15.1 Å². The van der Waals surface area contributed by atoms with Crippen LogP contribution in [0.3, 0.4) is 0 Å². The molecule has 0 aliphatic heterocycles. The molecule has 0 bridgehead atoms. The average Bonchev–Trinajstić information content (AvgIpc) is 2.59. The molecule has 0 atom stereocenters. The summed E-state index contributed by atoms with van der Waals surface area (Å²) in [6.45, 7) is 1.81. The number of aryl methyl sites for hydroxylation is 1. The van der Waals surface area contributed by atoms with Gasteiger partial charge in [-0.3, -0.25) is 10.0 Å². The first-order valence-corrected chi connectivity index (χ1v) is 3.85. The van der Waals surface area contributed by atoms with Gasteiger partial charge in [0.05, 0.1) is 0 Å². The molecule has 0 saturated carbocycles. The second-order valence-electron chi connectivity index (χ2n) is 2.69. The van der Waals surface area contributed by atoms with Crippen LogP contribution in [-0.4, -0.2) is 30.7 Å². The molecule has 0 fully saturated rings. The maximum atomic E-state index is 10.9. The van der Waals surface area contributed by atoms with Gasteiger partial charge in [0, 0.05) is 11.9 Å². The lowest BCUT2D eigenvalue weighted by Gasteiger charge is -1.89. The summed E-state index contributed by atoms with van der Waals surface area (Å²) in [5, 5.41) is 12.2. The Morgan fingerprint density at radius 3 is 3.07 bits per heavy atom. The summed E-state index contributed by atoms with van der Waals surface area (Å²) in [5.41, 5.74) is 2.23. The van der Waals surface area contributed by atoms with Crippen LogP contribution < -0.4 is 5.48 Å². The molecule has 7 heteroatoms. The Morgan fingerprint density at radius 2 is 2.36 bits per heavy atom. The molecule has 0 aliphatic rings. The van der Waals surface area contributed by atoms with E-state index in [1.807, 2.05) is 0 Å². The quantitative estimate of drug-likeness (QED) is 0.472. The first-order chi connectivity index (χ1) is 6.70. The van der Waals surface area contributed by atoms with Crippen LogP contribution in [-0.2, 0) is 0 Å². The van der Waals surface area contributed by atoms with Gasteiger partial charge in [0.25, 0.3) is 5.78 Å². The Morgan fingerprint density at radius 1 is 1.57 bits per heavy atom. The summed E-state index contributed by atoms with van der Waals surface area (Å²) in [7, 11) is 0. The van der Waals surface area contributed by atoms with Crippen LogP contribution in [0.1, 0.15) is 16.3 Å². The van der Waals surface area contributed by atoms with E-state index in [1.165, 1.54) is 10.00 Å². The zero-order valence-corrected chi connectivity index (χ0v) is 7.30. The van der Waals surface area contributed by atoms with E-state index in [9.17, 15) is 4.79 Å². The number of carbonyl (C=O) groups is 1. The summed E-state index contributed by atoms with van der Waals surface area (Å²) in [6, 6.07) is 1.74. The number of amides is 1. The van der Waals surface area contributed by atoms with Crippen molar-refractivity contribution in [2.24, 2.45) is 0 Å². The van der Waals surface area contributed by atoms with Crippen LogP contribution in [0.15, 0.2) is 12.3 Å². The third-order valence-electron chi connectivity index (χ3n) is 1.65. The van der Waals surface area contributed by atoms with Crippen molar-refractivity contribution in [1.82, 2.24) is 25.1 Å². The smallest absolute Gasteiger partial charge is 0.288 e. The molecule has 2 rings (SSSR count). The van der Waals surface area contributed by atoms with Crippen molar-refractivity contribution < 1.29 is 10.0 Å². The Hall–Kier alpha value is -2.02. The molecule has 0 aliphatic carbocycles. The monoisotopic (exact) mass is 193 g/mol. The fraction of sp³-hybridized carbons (Fsp3) is 0.143. The summed E-state index contributed by atoms with van der Waals surface area (Å²) in [6.07, 6.45) is 1.64. The molecule has 7 nitrogen and oxygen atoms in total. The van der Waals surface area contributed by atoms with E-state index in [-0.39, 0.29) is 5.82 Å². The molecule has 14 heavy (non-hydrogen) atoms. The minimum Gasteiger partial charge on any atom is -0.288 e. The number of aromatic nitrogens is 4. The van der Waals surface area contributed by atoms with Gasteiger partial charge in [-0.2, -0.15) is 4.98 Å². The standard InChI is InChI=1S/C7H7N5O2/c1-4-2-3-12-7(8-4)9-5(10-12)6(13)11-14/h2-3,14H,1H3,(H,11,13). The highest BCUT2D eigenvalue weighted by Gasteiger charge is 2.11. The molecule has 0 radical (unpaired) electrons. The fourth-order valence-electron chi connectivity index (χ4n) is 1.01. The molecule has 72 valence electrons. The van der Waals surface area contributed by atoms with Crippen LogP contribution >= 0.6 is 0 Å². The highest BCUT2D eigenvalue weighted by atomic mass is 16.5. The Balaban J connectivity index is 2.56. The summed E-state index contributed by atoms with van der Waals surface area (Å²) in [4.78, 5) is 18.8. The van der Waals surface area contributed by atoms with Gasteiger partial charge in [-0.15, -0.1) is 5.10 Å². The number of nitrogens with one attached hydrogen (secondary N) is 1. The van der Waals surface area contributed by atoms with E-state index in [0.717, 1.165) is 5.69 Å². The fourth-order valence-corrected chi connectivity index (χ4v) is 1.01. The highest BCUT2D eigenvalue weighted by molar-refractivity contribution is 5.89. The predicted molar refractivity (Wildman–Crippen MR) is 44.8 cm³/mol. The topological polar surface area (TPSA) is 92.4 Å². The zero-order valence-electron chi connectivity index (χ0n) is 7.30. The van der Waals surface area contributed by atoms with Crippen LogP contribution in [0.4, 0.5) is 0 Å². The number of fused-ring (bicyclic) bond motifs is 1. The number of hydrogen-bond acceptors (Lipinski definition) is 5. The molecular formula is C7H7N5O2. The van der Waals surface area contributed by atoms with Crippen molar-refractivity contribution in [2.75, 3.05) is 0 Å². The second kappa shape index (κ2) is 3.04. The SMILES string of the molecule is Cc1ccn2nc(C(=O)NO)nc2n1. The van der Waals surface area contributed by atoms with Crippen molar-refractivity contribution in [3.8, 4) is 0 Å². The van der Waals surface area contributed by atoms with Crippen molar-refractivity contribution in [3.05, 3.63) is 23.8 Å². The van der Waals surface area contributed by atoms with E-state index in [1.54, 1.807) is 19.2 Å². The summed E-state index contributed by atoms with van der Waals surface area (Å²) in [5.74, 6) is -0.553. The van der Waals surface area contributed by atoms with E-state index >= 15 is 0 Å². The lowest BCUT2D eigenvalue weighted by atomic mass is 10.5. The minimum absolute atomic E-state index is 0.120. The van der Waals surface area contributed by atoms with Gasteiger partial charge in [-0.25, -0.2) is 15.0 Å². The number of hydroxylamine groups is 1. The van der Waals surface area contributed by atoms with Gasteiger partial charge in [-0.1, -0.05) is 0 Å². The molecule has 0 unspecified atom stereocenters. The lowest BCUT2D eigenvalue weighted by Crippen LogP contribution is -2.20. The molecule has 1 amide bonds. The number of hydrogen-bond donors (Lipinski definition) is 2. The Kier molecular flexibility index (Phi) is 1.86. The Bertz CT molecular complexity index is 492. The van der Waals surface area contributed by atoms with Crippen LogP contribution in [0.25, 0.3) is 5.78 Å². The number of nitrogens with zero attached hydrogens (tertiary/aromatic N) is 4. The second-order valence-corrected chi connectivity index (χ2v) is 2.69. The van der Waals surface area contributed by atoms with Crippen molar-refractivity contribution in [3.63, 3.8) is 0 Å². The maximum absolute atomic E-state index is 10.9. The average molecular weight is 193 g/mol. The molecule has 2 heterocycles. The highest BCUT2D eigenvalue weighted by Crippen LogP contribution is 1.99. The third-order valence-corrected chi connectivity index (χ3v) is 1.65. The van der Waals surface area contributed by atoms with Gasteiger partial charge >= 0.3 is 5.91 Å². The number of carbonyl (C=O) groups excluding carboxylic acids is 1. The van der Waals surface area contributed by atoms with Crippen molar-refractivity contribution >= 4 is 11.7 Å². The first-order valence-electron chi connectivity index (χ1n) is 3.85. The van der Waals surface area contributed by atoms with Gasteiger partial charge in [0.2, 0.25) is 5.82 Å². The molecule has 0 spiro atoms. The van der Waals surface area contributed by atoms with Crippen molar-refractivity contribution in [2.45, 2.75) is 6.92 Å². The molecule has 0 saturated heterocycles. The third kappa shape index (κ3) is 1.29. The van der Waals surface area contributed by atoms with Crippen LogP contribution in [0.2, 0.25) is 0 Å².